The molecule has 10 heteroatoms. The molecule has 0 radical (unpaired) electrons. The summed E-state index contributed by atoms with van der Waals surface area (Å²) in [5.74, 6) is -1.58. The number of pyridine rings is 1. The highest BCUT2D eigenvalue weighted by Crippen LogP contribution is 2.27. The zero-order valence-corrected chi connectivity index (χ0v) is 16.4. The number of aromatic nitrogens is 1. The predicted molar refractivity (Wildman–Crippen MR) is 107 cm³/mol. The van der Waals surface area contributed by atoms with E-state index in [9.17, 15) is 22.8 Å². The Hall–Kier alpha value is -3.92. The van der Waals surface area contributed by atoms with Crippen molar-refractivity contribution in [2.75, 3.05) is 5.73 Å². The van der Waals surface area contributed by atoms with Crippen LogP contribution in [-0.4, -0.2) is 24.8 Å². The molecular weight excluding hydrogens is 410 g/mol. The van der Waals surface area contributed by atoms with Crippen molar-refractivity contribution in [3.05, 3.63) is 81.6 Å². The zero-order valence-electron chi connectivity index (χ0n) is 15.6. The van der Waals surface area contributed by atoms with E-state index in [2.05, 4.69) is 5.32 Å². The molecule has 1 aliphatic rings. The first-order valence-electron chi connectivity index (χ1n) is 8.71. The van der Waals surface area contributed by atoms with Gasteiger partial charge in [-0.1, -0.05) is 24.3 Å². The number of fused-ring (bicyclic) bond motifs is 1. The monoisotopic (exact) mass is 425 g/mol. The van der Waals surface area contributed by atoms with E-state index in [1.165, 1.54) is 30.3 Å². The largest absolute Gasteiger partial charge is 0.384 e. The van der Waals surface area contributed by atoms with Crippen LogP contribution in [-0.2, 0) is 10.1 Å². The van der Waals surface area contributed by atoms with Crippen molar-refractivity contribution in [3.63, 3.8) is 0 Å². The van der Waals surface area contributed by atoms with E-state index < -0.39 is 27.5 Å². The van der Waals surface area contributed by atoms with Crippen LogP contribution in [0.3, 0.4) is 0 Å². The van der Waals surface area contributed by atoms with Gasteiger partial charge in [-0.15, -0.1) is 0 Å². The number of imide groups is 1. The number of para-hydroxylation sites is 1. The number of benzene rings is 2. The molecule has 30 heavy (non-hydrogen) atoms. The molecule has 1 aliphatic heterocycles. The lowest BCUT2D eigenvalue weighted by molar-refractivity contribution is 0.0880. The van der Waals surface area contributed by atoms with E-state index in [4.69, 9.17) is 9.92 Å². The third-order valence-corrected chi connectivity index (χ3v) is 5.99. The summed E-state index contributed by atoms with van der Waals surface area (Å²) in [5, 5.41) is 2.08. The summed E-state index contributed by atoms with van der Waals surface area (Å²) in [4.78, 5) is 36.3. The number of nitrogens with two attached hydrogens (primary N) is 1. The Morgan fingerprint density at radius 2 is 1.67 bits per heavy atom. The fourth-order valence-electron chi connectivity index (χ4n) is 3.19. The molecule has 0 bridgehead atoms. The van der Waals surface area contributed by atoms with Crippen LogP contribution in [0.1, 0.15) is 26.3 Å². The van der Waals surface area contributed by atoms with Gasteiger partial charge in [-0.2, -0.15) is 8.42 Å². The summed E-state index contributed by atoms with van der Waals surface area (Å²) >= 11 is 0. The maximum absolute atomic E-state index is 12.8. The summed E-state index contributed by atoms with van der Waals surface area (Å²) in [6, 6.07) is 13.2. The quantitative estimate of drug-likeness (QED) is 0.476. The lowest BCUT2D eigenvalue weighted by Crippen LogP contribution is -2.24. The summed E-state index contributed by atoms with van der Waals surface area (Å²) in [7, 11) is -4.22. The first-order valence-corrected chi connectivity index (χ1v) is 10.1. The lowest BCUT2D eigenvalue weighted by atomic mass is 10.1. The summed E-state index contributed by atoms with van der Waals surface area (Å²) in [6.07, 6.45) is 0. The molecule has 2 heterocycles. The minimum Gasteiger partial charge on any atom is -0.384 e. The van der Waals surface area contributed by atoms with Gasteiger partial charge in [0.25, 0.3) is 17.4 Å². The number of amides is 2. The summed E-state index contributed by atoms with van der Waals surface area (Å²) < 4.78 is 31.8. The van der Waals surface area contributed by atoms with Gasteiger partial charge in [0.1, 0.15) is 16.5 Å². The molecule has 2 aromatic carbocycles. The van der Waals surface area contributed by atoms with Gasteiger partial charge in [0, 0.05) is 6.07 Å². The third-order valence-electron chi connectivity index (χ3n) is 4.60. The van der Waals surface area contributed by atoms with Gasteiger partial charge < -0.3 is 9.92 Å². The Bertz CT molecular complexity index is 1380. The second-order valence-electron chi connectivity index (χ2n) is 6.58. The van der Waals surface area contributed by atoms with Crippen LogP contribution in [0, 0.1) is 6.92 Å². The highest BCUT2D eigenvalue weighted by molar-refractivity contribution is 7.87. The second-order valence-corrected chi connectivity index (χ2v) is 8.09. The number of nitrogens with one attached hydrogen (secondary N) is 1. The lowest BCUT2D eigenvalue weighted by Gasteiger charge is -2.15. The predicted octanol–water partition coefficient (Wildman–Crippen LogP) is 1.38. The number of hydrogen-bond acceptors (Lipinski definition) is 7. The third kappa shape index (κ3) is 3.12. The first-order chi connectivity index (χ1) is 14.2. The highest BCUT2D eigenvalue weighted by Gasteiger charge is 2.32. The number of aryl methyl sites for hydroxylation is 1. The fraction of sp³-hybridized carbons (Fsp3) is 0.0500. The molecule has 0 unspecified atom stereocenters. The first kappa shape index (κ1) is 19.4. The van der Waals surface area contributed by atoms with E-state index in [1.54, 1.807) is 25.1 Å². The Labute approximate surface area is 170 Å². The number of carbonyl (C=O) groups excluding carboxylic acids is 2. The SMILES string of the molecule is Cc1ccc(-n2c(N)c3c(cc2=O)C(=O)NC3=O)cc1S(=O)(=O)Oc1ccccc1. The Morgan fingerprint density at radius 3 is 2.37 bits per heavy atom. The van der Waals surface area contributed by atoms with Crippen LogP contribution in [0.5, 0.6) is 5.75 Å². The second kappa shape index (κ2) is 6.85. The van der Waals surface area contributed by atoms with Crippen molar-refractivity contribution in [2.45, 2.75) is 11.8 Å². The van der Waals surface area contributed by atoms with Crippen LogP contribution < -0.4 is 20.8 Å². The van der Waals surface area contributed by atoms with E-state index in [0.29, 0.717) is 5.56 Å². The summed E-state index contributed by atoms with van der Waals surface area (Å²) in [6.45, 7) is 1.58. The molecule has 0 fully saturated rings. The molecule has 3 N–H and O–H groups in total. The van der Waals surface area contributed by atoms with Gasteiger partial charge in [-0.05, 0) is 36.8 Å². The molecule has 2 amide bonds. The van der Waals surface area contributed by atoms with Crippen LogP contribution in [0.15, 0.2) is 64.3 Å². The van der Waals surface area contributed by atoms with Crippen LogP contribution in [0.2, 0.25) is 0 Å². The minimum absolute atomic E-state index is 0.105. The molecule has 0 spiro atoms. The van der Waals surface area contributed by atoms with Gasteiger partial charge in [0.15, 0.2) is 0 Å². The zero-order chi connectivity index (χ0) is 21.6. The molecule has 0 atom stereocenters. The van der Waals surface area contributed by atoms with Crippen molar-refractivity contribution in [1.29, 1.82) is 0 Å². The molecule has 1 aromatic heterocycles. The van der Waals surface area contributed by atoms with Gasteiger partial charge >= 0.3 is 10.1 Å². The molecular formula is C20H15N3O6S. The van der Waals surface area contributed by atoms with Crippen molar-refractivity contribution >= 4 is 27.8 Å². The van der Waals surface area contributed by atoms with E-state index in [1.807, 2.05) is 0 Å². The minimum atomic E-state index is -4.22. The van der Waals surface area contributed by atoms with Crippen molar-refractivity contribution in [1.82, 2.24) is 9.88 Å². The number of carbonyl (C=O) groups is 2. The van der Waals surface area contributed by atoms with Crippen LogP contribution in [0.4, 0.5) is 5.82 Å². The molecule has 3 aromatic rings. The maximum Gasteiger partial charge on any atom is 0.339 e. The molecule has 0 saturated carbocycles. The Kier molecular flexibility index (Phi) is 4.43. The highest BCUT2D eigenvalue weighted by atomic mass is 32.2. The van der Waals surface area contributed by atoms with Gasteiger partial charge in [-0.25, -0.2) is 0 Å². The van der Waals surface area contributed by atoms with Gasteiger partial charge in [-0.3, -0.25) is 24.3 Å². The number of hydrogen-bond donors (Lipinski definition) is 2. The van der Waals surface area contributed by atoms with E-state index in [-0.39, 0.29) is 33.3 Å². The molecule has 9 nitrogen and oxygen atoms in total. The van der Waals surface area contributed by atoms with Crippen molar-refractivity contribution < 1.29 is 22.2 Å². The topological polar surface area (TPSA) is 138 Å². The average molecular weight is 425 g/mol. The molecule has 152 valence electrons. The van der Waals surface area contributed by atoms with Crippen LogP contribution in [0.25, 0.3) is 5.69 Å². The summed E-state index contributed by atoms with van der Waals surface area (Å²) in [5.41, 5.74) is 5.56. The van der Waals surface area contributed by atoms with Gasteiger partial charge in [0.2, 0.25) is 0 Å². The fourth-order valence-corrected chi connectivity index (χ4v) is 4.37. The molecule has 4 rings (SSSR count). The molecule has 0 saturated heterocycles. The number of rotatable bonds is 4. The smallest absolute Gasteiger partial charge is 0.339 e. The Balaban J connectivity index is 1.86. The molecule has 0 aliphatic carbocycles. The van der Waals surface area contributed by atoms with Crippen molar-refractivity contribution in [2.24, 2.45) is 0 Å². The number of nitrogens with zero attached hydrogens (tertiary/aromatic N) is 1. The maximum atomic E-state index is 12.8. The van der Waals surface area contributed by atoms with Crippen molar-refractivity contribution in [3.8, 4) is 11.4 Å². The van der Waals surface area contributed by atoms with Gasteiger partial charge in [0.05, 0.1) is 16.8 Å². The standard InChI is InChI=1S/C20H15N3O6S/c1-11-7-8-12(9-15(11)30(27,28)29-13-5-3-2-4-6-13)23-16(24)10-14-17(18(23)21)20(26)22-19(14)25/h2-10H,21H2,1H3,(H,22,25,26). The van der Waals surface area contributed by atoms with E-state index >= 15 is 0 Å². The number of nitrogen functional groups attached to an aromatic ring is 1. The van der Waals surface area contributed by atoms with E-state index in [0.717, 1.165) is 10.6 Å². The Morgan fingerprint density at radius 1 is 0.967 bits per heavy atom. The van der Waals surface area contributed by atoms with Crippen LogP contribution >= 0.6 is 0 Å². The average Bonchev–Trinajstić information content (AvgIpc) is 2.97. The number of anilines is 1. The normalized spacial score (nSPS) is 13.1.